The molecule has 3 rings (SSSR count). The van der Waals surface area contributed by atoms with Crippen LogP contribution in [-0.2, 0) is 23.9 Å². The lowest BCUT2D eigenvalue weighted by atomic mass is 9.43. The summed E-state index contributed by atoms with van der Waals surface area (Å²) in [5, 5.41) is 0. The summed E-state index contributed by atoms with van der Waals surface area (Å²) in [6.45, 7) is 6.34. The van der Waals surface area contributed by atoms with Gasteiger partial charge in [0.15, 0.2) is 0 Å². The maximum atomic E-state index is 13.2. The van der Waals surface area contributed by atoms with Crippen molar-refractivity contribution in [2.24, 2.45) is 34.5 Å². The molecule has 5 nitrogen and oxygen atoms in total. The number of carbonyl (C=O) groups is 3. The van der Waals surface area contributed by atoms with Gasteiger partial charge in [-0.05, 0) is 55.8 Å². The Morgan fingerprint density at radius 1 is 1.15 bits per heavy atom. The minimum absolute atomic E-state index is 0.0262. The molecule has 0 unspecified atom stereocenters. The van der Waals surface area contributed by atoms with Crippen LogP contribution in [-0.4, -0.2) is 31.9 Å². The van der Waals surface area contributed by atoms with Gasteiger partial charge in [-0.2, -0.15) is 0 Å². The SMILES string of the molecule is COC(=O)/C=C1/CC[C@H]2[C@@H](C(=O)C[C@@H]3[C@]2(C)CCC[C@@]3(C)C(=O)OC)[C@H]1C. The minimum Gasteiger partial charge on any atom is -0.469 e. The van der Waals surface area contributed by atoms with Gasteiger partial charge in [0.1, 0.15) is 5.78 Å². The molecule has 3 aliphatic rings. The van der Waals surface area contributed by atoms with Crippen LogP contribution in [0.5, 0.6) is 0 Å². The first-order valence-corrected chi connectivity index (χ1v) is 10.1. The summed E-state index contributed by atoms with van der Waals surface area (Å²) in [6.07, 6.45) is 6.50. The van der Waals surface area contributed by atoms with Crippen molar-refractivity contribution >= 4 is 17.7 Å². The van der Waals surface area contributed by atoms with E-state index < -0.39 is 5.41 Å². The van der Waals surface area contributed by atoms with Crippen LogP contribution in [0, 0.1) is 34.5 Å². The van der Waals surface area contributed by atoms with Crippen LogP contribution in [0.1, 0.15) is 59.3 Å². The van der Waals surface area contributed by atoms with Crippen LogP contribution in [0.4, 0.5) is 0 Å². The number of rotatable bonds is 2. The van der Waals surface area contributed by atoms with Crippen molar-refractivity contribution < 1.29 is 23.9 Å². The fraction of sp³-hybridized carbons (Fsp3) is 0.773. The molecule has 0 aromatic rings. The van der Waals surface area contributed by atoms with Gasteiger partial charge in [0.25, 0.3) is 0 Å². The van der Waals surface area contributed by atoms with Crippen molar-refractivity contribution in [1.82, 2.24) is 0 Å². The maximum absolute atomic E-state index is 13.2. The van der Waals surface area contributed by atoms with E-state index in [-0.39, 0.29) is 46.8 Å². The lowest BCUT2D eigenvalue weighted by Crippen LogP contribution is -2.59. The number of hydrogen-bond acceptors (Lipinski definition) is 5. The van der Waals surface area contributed by atoms with Crippen LogP contribution >= 0.6 is 0 Å². The molecule has 0 aromatic carbocycles. The second-order valence-electron chi connectivity index (χ2n) is 9.19. The monoisotopic (exact) mass is 376 g/mol. The number of ether oxygens (including phenoxy) is 2. The molecule has 0 aliphatic heterocycles. The summed E-state index contributed by atoms with van der Waals surface area (Å²) in [7, 11) is 2.82. The van der Waals surface area contributed by atoms with E-state index in [1.165, 1.54) is 14.2 Å². The average molecular weight is 376 g/mol. The molecule has 0 aromatic heterocycles. The van der Waals surface area contributed by atoms with E-state index in [1.54, 1.807) is 6.08 Å². The maximum Gasteiger partial charge on any atom is 0.330 e. The first kappa shape index (κ1) is 20.1. The molecule has 0 radical (unpaired) electrons. The Morgan fingerprint density at radius 3 is 2.48 bits per heavy atom. The number of ketones is 1. The fourth-order valence-corrected chi connectivity index (χ4v) is 6.60. The lowest BCUT2D eigenvalue weighted by molar-refractivity contribution is -0.178. The molecule has 150 valence electrons. The number of Topliss-reactive ketones (excluding diaryl/α,β-unsaturated/α-hetero) is 1. The first-order chi connectivity index (χ1) is 12.7. The molecule has 3 saturated carbocycles. The zero-order valence-electron chi connectivity index (χ0n) is 17.2. The average Bonchev–Trinajstić information content (AvgIpc) is 2.64. The van der Waals surface area contributed by atoms with E-state index in [0.29, 0.717) is 6.42 Å². The van der Waals surface area contributed by atoms with Gasteiger partial charge < -0.3 is 9.47 Å². The Balaban J connectivity index is 1.96. The van der Waals surface area contributed by atoms with E-state index in [1.807, 2.05) is 6.92 Å². The Labute approximate surface area is 161 Å². The molecule has 5 heteroatoms. The fourth-order valence-electron chi connectivity index (χ4n) is 6.60. The first-order valence-electron chi connectivity index (χ1n) is 10.1. The number of allylic oxidation sites excluding steroid dienone is 1. The molecule has 0 spiro atoms. The second-order valence-corrected chi connectivity index (χ2v) is 9.19. The highest BCUT2D eigenvalue weighted by atomic mass is 16.5. The zero-order chi connectivity index (χ0) is 20.0. The van der Waals surface area contributed by atoms with Crippen molar-refractivity contribution in [2.45, 2.75) is 59.3 Å². The molecule has 0 saturated heterocycles. The predicted octanol–water partition coefficient (Wildman–Crippen LogP) is 3.71. The zero-order valence-corrected chi connectivity index (χ0v) is 17.2. The van der Waals surface area contributed by atoms with Crippen molar-refractivity contribution in [3.05, 3.63) is 11.6 Å². The van der Waals surface area contributed by atoms with E-state index in [0.717, 1.165) is 37.7 Å². The number of hydrogen-bond donors (Lipinski definition) is 0. The van der Waals surface area contributed by atoms with Crippen LogP contribution in [0.2, 0.25) is 0 Å². The Kier molecular flexibility index (Phi) is 5.26. The predicted molar refractivity (Wildman–Crippen MR) is 101 cm³/mol. The van der Waals surface area contributed by atoms with E-state index >= 15 is 0 Å². The lowest BCUT2D eigenvalue weighted by Gasteiger charge is -2.60. The quantitative estimate of drug-likeness (QED) is 0.543. The van der Waals surface area contributed by atoms with Gasteiger partial charge in [-0.15, -0.1) is 0 Å². The standard InChI is InChI=1S/C22H32O5/c1-13-14(11-18(24)26-4)7-8-15-19(13)16(23)12-17-21(15,2)9-6-10-22(17,3)20(25)27-5/h11,13,15,17,19H,6-10,12H2,1-5H3/b14-11-/t13-,15-,17+,19-,21+,22+/m0/s1. The van der Waals surface area contributed by atoms with Gasteiger partial charge in [0.05, 0.1) is 19.6 Å². The van der Waals surface area contributed by atoms with Gasteiger partial charge in [-0.25, -0.2) is 4.79 Å². The van der Waals surface area contributed by atoms with Gasteiger partial charge in [-0.1, -0.05) is 25.8 Å². The molecule has 6 atom stereocenters. The summed E-state index contributed by atoms with van der Waals surface area (Å²) in [4.78, 5) is 37.6. The van der Waals surface area contributed by atoms with Crippen LogP contribution in [0.3, 0.4) is 0 Å². The third-order valence-corrected chi connectivity index (χ3v) is 8.06. The third-order valence-electron chi connectivity index (χ3n) is 8.06. The molecule has 3 fully saturated rings. The van der Waals surface area contributed by atoms with Crippen LogP contribution < -0.4 is 0 Å². The smallest absolute Gasteiger partial charge is 0.330 e. The van der Waals surface area contributed by atoms with Crippen molar-refractivity contribution in [3.8, 4) is 0 Å². The van der Waals surface area contributed by atoms with Gasteiger partial charge >= 0.3 is 11.9 Å². The molecule has 0 N–H and O–H groups in total. The van der Waals surface area contributed by atoms with Gasteiger partial charge in [-0.3, -0.25) is 9.59 Å². The summed E-state index contributed by atoms with van der Waals surface area (Å²) in [5.41, 5.74) is 0.378. The molecular weight excluding hydrogens is 344 g/mol. The highest BCUT2D eigenvalue weighted by Gasteiger charge is 2.62. The second kappa shape index (κ2) is 7.06. The third kappa shape index (κ3) is 3.03. The van der Waals surface area contributed by atoms with Crippen molar-refractivity contribution in [1.29, 1.82) is 0 Å². The van der Waals surface area contributed by atoms with E-state index in [4.69, 9.17) is 9.47 Å². The molecular formula is C22H32O5. The van der Waals surface area contributed by atoms with E-state index in [2.05, 4.69) is 13.8 Å². The largest absolute Gasteiger partial charge is 0.469 e. The summed E-state index contributed by atoms with van der Waals surface area (Å²) in [5.74, 6) is -0.0488. The minimum atomic E-state index is -0.590. The normalized spacial score (nSPS) is 42.9. The number of methoxy groups -OCH3 is 2. The molecule has 0 heterocycles. The Hall–Kier alpha value is -1.65. The number of fused-ring (bicyclic) bond motifs is 3. The molecule has 27 heavy (non-hydrogen) atoms. The van der Waals surface area contributed by atoms with Crippen molar-refractivity contribution in [3.63, 3.8) is 0 Å². The highest BCUT2D eigenvalue weighted by Crippen LogP contribution is 2.64. The Morgan fingerprint density at radius 2 is 1.85 bits per heavy atom. The topological polar surface area (TPSA) is 69.7 Å². The number of esters is 2. The summed E-state index contributed by atoms with van der Waals surface area (Å²) in [6, 6.07) is 0. The Bertz CT molecular complexity index is 680. The van der Waals surface area contributed by atoms with Crippen LogP contribution in [0.15, 0.2) is 11.6 Å². The summed E-state index contributed by atoms with van der Waals surface area (Å²) < 4.78 is 9.93. The number of carbonyl (C=O) groups excluding carboxylic acids is 3. The van der Waals surface area contributed by atoms with E-state index in [9.17, 15) is 14.4 Å². The van der Waals surface area contributed by atoms with Crippen molar-refractivity contribution in [2.75, 3.05) is 14.2 Å². The highest BCUT2D eigenvalue weighted by molar-refractivity contribution is 5.87. The van der Waals surface area contributed by atoms with Gasteiger partial charge in [0.2, 0.25) is 0 Å². The molecule has 3 aliphatic carbocycles. The van der Waals surface area contributed by atoms with Crippen LogP contribution in [0.25, 0.3) is 0 Å². The molecule has 0 bridgehead atoms. The summed E-state index contributed by atoms with van der Waals surface area (Å²) >= 11 is 0. The molecule has 0 amide bonds. The van der Waals surface area contributed by atoms with Gasteiger partial charge in [0, 0.05) is 18.4 Å².